The molecule has 0 aliphatic carbocycles. The molecular formula is C33H35N5O. The van der Waals surface area contributed by atoms with Crippen molar-refractivity contribution in [2.24, 2.45) is 5.92 Å². The van der Waals surface area contributed by atoms with Gasteiger partial charge >= 0.3 is 0 Å². The van der Waals surface area contributed by atoms with Crippen LogP contribution in [0, 0.1) is 17.2 Å². The molecule has 1 amide bonds. The van der Waals surface area contributed by atoms with Crippen molar-refractivity contribution in [1.29, 1.82) is 5.26 Å². The number of nitrogens with zero attached hydrogens (tertiary/aromatic N) is 4. The number of hydrogen-bond acceptors (Lipinski definition) is 5. The van der Waals surface area contributed by atoms with Crippen LogP contribution in [-0.4, -0.2) is 27.3 Å². The number of nitrogens with one attached hydrogen (secondary N) is 1. The summed E-state index contributed by atoms with van der Waals surface area (Å²) in [5, 5.41) is 11.6. The Hall–Kier alpha value is -4.34. The Bertz CT molecular complexity index is 1320. The molecule has 2 heterocycles. The second kappa shape index (κ2) is 14.0. The lowest BCUT2D eigenvalue weighted by molar-refractivity contribution is -0.122. The molecule has 4 rings (SSSR count). The second-order valence-corrected chi connectivity index (χ2v) is 10.2. The van der Waals surface area contributed by atoms with E-state index in [1.807, 2.05) is 54.9 Å². The zero-order chi connectivity index (χ0) is 27.5. The third kappa shape index (κ3) is 8.33. The third-order valence-electron chi connectivity index (χ3n) is 6.57. The lowest BCUT2D eigenvalue weighted by Crippen LogP contribution is -2.30. The number of aromatic nitrogens is 2. The Balaban J connectivity index is 1.51. The van der Waals surface area contributed by atoms with E-state index in [1.54, 1.807) is 0 Å². The maximum atomic E-state index is 12.8. The number of rotatable bonds is 12. The molecule has 0 unspecified atom stereocenters. The fourth-order valence-electron chi connectivity index (χ4n) is 4.72. The highest BCUT2D eigenvalue weighted by Gasteiger charge is 2.22. The molecule has 0 radical (unpaired) electrons. The molecule has 0 aliphatic rings. The highest BCUT2D eigenvalue weighted by atomic mass is 16.1. The summed E-state index contributed by atoms with van der Waals surface area (Å²) in [5.74, 6) is -0.0335. The first-order valence-corrected chi connectivity index (χ1v) is 13.4. The summed E-state index contributed by atoms with van der Waals surface area (Å²) in [6.07, 6.45) is 4.38. The van der Waals surface area contributed by atoms with Crippen LogP contribution in [0.15, 0.2) is 97.3 Å². The van der Waals surface area contributed by atoms with Crippen LogP contribution in [-0.2, 0) is 24.4 Å². The van der Waals surface area contributed by atoms with Gasteiger partial charge < -0.3 is 5.32 Å². The minimum atomic E-state index is -0.288. The largest absolute Gasteiger partial charge is 0.342 e. The van der Waals surface area contributed by atoms with E-state index in [9.17, 15) is 4.79 Å². The van der Waals surface area contributed by atoms with Crippen LogP contribution in [0.3, 0.4) is 0 Å². The van der Waals surface area contributed by atoms with Crippen LogP contribution in [0.4, 0.5) is 0 Å². The molecule has 1 atom stereocenters. The number of nitriles is 1. The third-order valence-corrected chi connectivity index (χ3v) is 6.57. The van der Waals surface area contributed by atoms with Crippen LogP contribution in [0.2, 0.25) is 0 Å². The van der Waals surface area contributed by atoms with Gasteiger partial charge in [-0.2, -0.15) is 5.26 Å². The normalized spacial score (nSPS) is 11.8. The van der Waals surface area contributed by atoms with Crippen molar-refractivity contribution in [3.05, 3.63) is 120 Å². The first-order chi connectivity index (χ1) is 19.0. The van der Waals surface area contributed by atoms with Crippen molar-refractivity contribution in [2.75, 3.05) is 6.54 Å². The molecule has 6 nitrogen and oxygen atoms in total. The van der Waals surface area contributed by atoms with Gasteiger partial charge in [-0.15, -0.1) is 0 Å². The van der Waals surface area contributed by atoms with Crippen molar-refractivity contribution in [2.45, 2.75) is 45.8 Å². The van der Waals surface area contributed by atoms with E-state index in [0.29, 0.717) is 5.92 Å². The lowest BCUT2D eigenvalue weighted by atomic mass is 9.88. The van der Waals surface area contributed by atoms with E-state index in [4.69, 9.17) is 5.26 Å². The predicted molar refractivity (Wildman–Crippen MR) is 154 cm³/mol. The van der Waals surface area contributed by atoms with Crippen LogP contribution in [0.5, 0.6) is 0 Å². The summed E-state index contributed by atoms with van der Waals surface area (Å²) >= 11 is 0. The maximum absolute atomic E-state index is 12.8. The summed E-state index contributed by atoms with van der Waals surface area (Å²) in [6.45, 7) is 6.46. The van der Waals surface area contributed by atoms with Crippen LogP contribution < -0.4 is 5.32 Å². The van der Waals surface area contributed by atoms with Gasteiger partial charge in [-0.1, -0.05) is 74.5 Å². The Morgan fingerprint density at radius 2 is 1.51 bits per heavy atom. The molecule has 2 aromatic carbocycles. The van der Waals surface area contributed by atoms with E-state index in [1.165, 1.54) is 5.56 Å². The van der Waals surface area contributed by atoms with Crippen molar-refractivity contribution in [1.82, 2.24) is 20.2 Å². The number of benzene rings is 2. The topological polar surface area (TPSA) is 81.9 Å². The van der Waals surface area contributed by atoms with Crippen LogP contribution >= 0.6 is 0 Å². The van der Waals surface area contributed by atoms with Gasteiger partial charge in [-0.3, -0.25) is 19.7 Å². The summed E-state index contributed by atoms with van der Waals surface area (Å²) in [5.41, 5.74) is 6.39. The molecular weight excluding hydrogens is 482 g/mol. The smallest absolute Gasteiger partial charge is 0.228 e. The van der Waals surface area contributed by atoms with Gasteiger partial charge in [0.25, 0.3) is 0 Å². The van der Waals surface area contributed by atoms with Crippen molar-refractivity contribution in [3.63, 3.8) is 0 Å². The minimum Gasteiger partial charge on any atom is -0.342 e. The number of hydrogen-bond donors (Lipinski definition) is 1. The standard InChI is InChI=1S/C33H35N5O/c1-25(2)20-32(33(39)37-19-16-34)29-9-7-8-28(21-29)27-14-12-26(13-15-27)22-38(23-30-10-3-5-17-35-30)24-31-11-4-6-18-36-31/h3-15,17-18,21,25,32H,19-20,22-24H2,1-2H3,(H,37,39)/t32-/m1/s1. The molecule has 0 spiro atoms. The molecule has 1 N–H and O–H groups in total. The molecule has 0 aliphatic heterocycles. The highest BCUT2D eigenvalue weighted by molar-refractivity contribution is 5.84. The van der Waals surface area contributed by atoms with Gasteiger partial charge in [0.2, 0.25) is 5.91 Å². The number of carbonyl (C=O) groups excluding carboxylic acids is 1. The quantitative estimate of drug-likeness (QED) is 0.229. The lowest BCUT2D eigenvalue weighted by Gasteiger charge is -2.22. The van der Waals surface area contributed by atoms with Crippen LogP contribution in [0.25, 0.3) is 11.1 Å². The van der Waals surface area contributed by atoms with Gasteiger partial charge in [0.15, 0.2) is 0 Å². The average Bonchev–Trinajstić information content (AvgIpc) is 2.96. The Morgan fingerprint density at radius 1 is 0.846 bits per heavy atom. The van der Waals surface area contributed by atoms with Crippen molar-refractivity contribution >= 4 is 5.91 Å². The Morgan fingerprint density at radius 3 is 2.08 bits per heavy atom. The van der Waals surface area contributed by atoms with Gasteiger partial charge in [0.05, 0.1) is 23.4 Å². The SMILES string of the molecule is CC(C)C[C@@H](C(=O)NCC#N)c1cccc(-c2ccc(CN(Cc3ccccn3)Cc3ccccn3)cc2)c1. The Labute approximate surface area is 231 Å². The fourth-order valence-corrected chi connectivity index (χ4v) is 4.72. The van der Waals surface area contributed by atoms with Gasteiger partial charge in [0.1, 0.15) is 6.54 Å². The van der Waals surface area contributed by atoms with Crippen molar-refractivity contribution in [3.8, 4) is 17.2 Å². The van der Waals surface area contributed by atoms with E-state index >= 15 is 0 Å². The zero-order valence-corrected chi connectivity index (χ0v) is 22.6. The van der Waals surface area contributed by atoms with Crippen molar-refractivity contribution < 1.29 is 4.79 Å². The molecule has 0 bridgehead atoms. The van der Waals surface area contributed by atoms with Gasteiger partial charge in [0, 0.05) is 32.0 Å². The zero-order valence-electron chi connectivity index (χ0n) is 22.6. The summed E-state index contributed by atoms with van der Waals surface area (Å²) in [7, 11) is 0. The maximum Gasteiger partial charge on any atom is 0.228 e. The number of pyridine rings is 2. The monoisotopic (exact) mass is 517 g/mol. The molecule has 0 saturated heterocycles. The summed E-state index contributed by atoms with van der Waals surface area (Å²) in [6, 6.07) is 30.8. The summed E-state index contributed by atoms with van der Waals surface area (Å²) in [4.78, 5) is 24.2. The molecule has 198 valence electrons. The van der Waals surface area contributed by atoms with Gasteiger partial charge in [-0.25, -0.2) is 0 Å². The van der Waals surface area contributed by atoms with E-state index in [-0.39, 0.29) is 18.4 Å². The highest BCUT2D eigenvalue weighted by Crippen LogP contribution is 2.29. The number of carbonyl (C=O) groups is 1. The minimum absolute atomic E-state index is 0.0201. The Kier molecular flexibility index (Phi) is 9.93. The molecule has 6 heteroatoms. The first-order valence-electron chi connectivity index (χ1n) is 13.4. The van der Waals surface area contributed by atoms with Crippen LogP contribution in [0.1, 0.15) is 48.7 Å². The van der Waals surface area contributed by atoms with E-state index in [0.717, 1.165) is 54.1 Å². The van der Waals surface area contributed by atoms with E-state index in [2.05, 4.69) is 82.6 Å². The average molecular weight is 518 g/mol. The van der Waals surface area contributed by atoms with Gasteiger partial charge in [-0.05, 0) is 58.9 Å². The molecule has 0 saturated carbocycles. The molecule has 39 heavy (non-hydrogen) atoms. The predicted octanol–water partition coefficient (Wildman–Crippen LogP) is 6.12. The summed E-state index contributed by atoms with van der Waals surface area (Å²) < 4.78 is 0. The molecule has 4 aromatic rings. The molecule has 0 fully saturated rings. The molecule has 2 aromatic heterocycles. The van der Waals surface area contributed by atoms with E-state index < -0.39 is 0 Å². The first kappa shape index (κ1) is 27.7. The fraction of sp³-hybridized carbons (Fsp3) is 0.273. The second-order valence-electron chi connectivity index (χ2n) is 10.2. The number of amides is 1.